The van der Waals surface area contributed by atoms with Crippen LogP contribution in [0, 0.1) is 5.41 Å². The van der Waals surface area contributed by atoms with E-state index < -0.39 is 0 Å². The molecule has 1 N–H and O–H groups in total. The number of aromatic nitrogens is 1. The summed E-state index contributed by atoms with van der Waals surface area (Å²) in [6.07, 6.45) is 5.82. The number of nitrogens with one attached hydrogen (secondary N) is 1. The van der Waals surface area contributed by atoms with Gasteiger partial charge >= 0.3 is 0 Å². The molecule has 1 heterocycles. The average molecular weight is 246 g/mol. The van der Waals surface area contributed by atoms with Crippen molar-refractivity contribution in [3.63, 3.8) is 0 Å². The monoisotopic (exact) mass is 246 g/mol. The van der Waals surface area contributed by atoms with Crippen molar-refractivity contribution in [3.8, 4) is 0 Å². The number of rotatable bonds is 2. The van der Waals surface area contributed by atoms with Crippen LogP contribution in [0.25, 0.3) is 0 Å². The molecule has 100 valence electrons. The second-order valence-corrected chi connectivity index (χ2v) is 7.43. The minimum absolute atomic E-state index is 0.181. The summed E-state index contributed by atoms with van der Waals surface area (Å²) >= 11 is 0. The minimum atomic E-state index is 0.181. The molecular weight excluding hydrogens is 220 g/mol. The highest BCUT2D eigenvalue weighted by atomic mass is 15.0. The zero-order chi connectivity index (χ0) is 13.4. The Bertz CT molecular complexity index is 398. The van der Waals surface area contributed by atoms with Gasteiger partial charge in [0.1, 0.15) is 5.82 Å². The van der Waals surface area contributed by atoms with Gasteiger partial charge in [0.05, 0.1) is 0 Å². The van der Waals surface area contributed by atoms with Gasteiger partial charge < -0.3 is 5.32 Å². The van der Waals surface area contributed by atoms with E-state index in [-0.39, 0.29) is 5.41 Å². The molecule has 1 fully saturated rings. The molecule has 1 unspecified atom stereocenters. The van der Waals surface area contributed by atoms with Gasteiger partial charge in [0, 0.05) is 12.2 Å². The summed E-state index contributed by atoms with van der Waals surface area (Å²) in [4.78, 5) is 4.55. The van der Waals surface area contributed by atoms with E-state index in [0.29, 0.717) is 11.5 Å². The predicted octanol–water partition coefficient (Wildman–Crippen LogP) is 4.37. The third-order valence-electron chi connectivity index (χ3n) is 3.95. The highest BCUT2D eigenvalue weighted by molar-refractivity contribution is 5.38. The Morgan fingerprint density at radius 3 is 2.44 bits per heavy atom. The number of hydrogen-bond donors (Lipinski definition) is 1. The Morgan fingerprint density at radius 1 is 1.28 bits per heavy atom. The first kappa shape index (κ1) is 13.4. The van der Waals surface area contributed by atoms with E-state index in [1.807, 2.05) is 6.20 Å². The third-order valence-corrected chi connectivity index (χ3v) is 3.95. The normalized spacial score (nSPS) is 23.1. The van der Waals surface area contributed by atoms with Crippen LogP contribution < -0.4 is 5.32 Å². The van der Waals surface area contributed by atoms with Crippen molar-refractivity contribution in [2.45, 2.75) is 65.3 Å². The van der Waals surface area contributed by atoms with Crippen LogP contribution >= 0.6 is 0 Å². The first-order valence-corrected chi connectivity index (χ1v) is 6.99. The van der Waals surface area contributed by atoms with E-state index in [4.69, 9.17) is 0 Å². The Labute approximate surface area is 111 Å². The fourth-order valence-electron chi connectivity index (χ4n) is 2.69. The lowest BCUT2D eigenvalue weighted by Crippen LogP contribution is -2.18. The number of pyridine rings is 1. The van der Waals surface area contributed by atoms with Crippen molar-refractivity contribution < 1.29 is 0 Å². The molecule has 0 radical (unpaired) electrons. The van der Waals surface area contributed by atoms with Crippen molar-refractivity contribution in [1.82, 2.24) is 4.98 Å². The molecule has 1 aliphatic carbocycles. The van der Waals surface area contributed by atoms with E-state index in [2.05, 4.69) is 57.1 Å². The molecule has 0 aliphatic heterocycles. The Balaban J connectivity index is 1.99. The van der Waals surface area contributed by atoms with Crippen LogP contribution in [-0.2, 0) is 5.41 Å². The fraction of sp³-hybridized carbons (Fsp3) is 0.688. The molecule has 0 amide bonds. The van der Waals surface area contributed by atoms with Gasteiger partial charge in [-0.2, -0.15) is 0 Å². The van der Waals surface area contributed by atoms with E-state index >= 15 is 0 Å². The van der Waals surface area contributed by atoms with Crippen molar-refractivity contribution in [2.24, 2.45) is 5.41 Å². The maximum absolute atomic E-state index is 4.55. The van der Waals surface area contributed by atoms with Gasteiger partial charge in [0.25, 0.3) is 0 Å². The van der Waals surface area contributed by atoms with Crippen molar-refractivity contribution in [1.29, 1.82) is 0 Å². The summed E-state index contributed by atoms with van der Waals surface area (Å²) in [6, 6.07) is 4.90. The summed E-state index contributed by atoms with van der Waals surface area (Å²) in [5.74, 6) is 1.02. The molecule has 0 bridgehead atoms. The van der Waals surface area contributed by atoms with Gasteiger partial charge in [-0.25, -0.2) is 4.98 Å². The molecule has 1 atom stereocenters. The lowest BCUT2D eigenvalue weighted by atomic mass is 9.88. The van der Waals surface area contributed by atoms with Crippen LogP contribution in [0.5, 0.6) is 0 Å². The van der Waals surface area contributed by atoms with E-state index in [1.165, 1.54) is 24.8 Å². The van der Waals surface area contributed by atoms with Crippen LogP contribution in [0.3, 0.4) is 0 Å². The lowest BCUT2D eigenvalue weighted by molar-refractivity contribution is 0.378. The fourth-order valence-corrected chi connectivity index (χ4v) is 2.69. The molecule has 0 spiro atoms. The van der Waals surface area contributed by atoms with Gasteiger partial charge in [0.2, 0.25) is 0 Å². The molecule has 2 rings (SSSR count). The third kappa shape index (κ3) is 3.24. The zero-order valence-electron chi connectivity index (χ0n) is 12.4. The molecule has 1 aromatic rings. The maximum Gasteiger partial charge on any atom is 0.126 e. The summed E-state index contributed by atoms with van der Waals surface area (Å²) in [5.41, 5.74) is 1.96. The minimum Gasteiger partial charge on any atom is -0.367 e. The Hall–Kier alpha value is -1.05. The van der Waals surface area contributed by atoms with E-state index in [1.54, 1.807) is 0 Å². The first-order chi connectivity index (χ1) is 8.26. The van der Waals surface area contributed by atoms with Crippen molar-refractivity contribution in [3.05, 3.63) is 23.9 Å². The molecule has 1 saturated carbocycles. The largest absolute Gasteiger partial charge is 0.367 e. The van der Waals surface area contributed by atoms with Gasteiger partial charge in [0.15, 0.2) is 0 Å². The smallest absolute Gasteiger partial charge is 0.126 e. The van der Waals surface area contributed by atoms with Gasteiger partial charge in [-0.1, -0.05) is 40.7 Å². The van der Waals surface area contributed by atoms with E-state index in [0.717, 1.165) is 5.82 Å². The standard InChI is InChI=1S/C16H26N2/c1-15(2,3)12-6-7-14(17-11-12)18-13-8-9-16(4,5)10-13/h6-7,11,13H,8-10H2,1-5H3,(H,17,18). The molecule has 1 aromatic heterocycles. The second-order valence-electron chi connectivity index (χ2n) is 7.43. The number of anilines is 1. The maximum atomic E-state index is 4.55. The van der Waals surface area contributed by atoms with Crippen LogP contribution in [0.4, 0.5) is 5.82 Å². The summed E-state index contributed by atoms with van der Waals surface area (Å²) in [6.45, 7) is 11.4. The second kappa shape index (κ2) is 4.56. The molecular formula is C16H26N2. The lowest BCUT2D eigenvalue weighted by Gasteiger charge is -2.20. The van der Waals surface area contributed by atoms with Gasteiger partial charge in [-0.3, -0.25) is 0 Å². The summed E-state index contributed by atoms with van der Waals surface area (Å²) < 4.78 is 0. The van der Waals surface area contributed by atoms with Gasteiger partial charge in [-0.05, 0) is 41.7 Å². The first-order valence-electron chi connectivity index (χ1n) is 6.99. The Morgan fingerprint density at radius 2 is 2.00 bits per heavy atom. The van der Waals surface area contributed by atoms with Crippen LogP contribution in [0.2, 0.25) is 0 Å². The zero-order valence-corrected chi connectivity index (χ0v) is 12.4. The van der Waals surface area contributed by atoms with Crippen LogP contribution in [0.15, 0.2) is 18.3 Å². The summed E-state index contributed by atoms with van der Waals surface area (Å²) in [5, 5.41) is 3.56. The van der Waals surface area contributed by atoms with E-state index in [9.17, 15) is 0 Å². The molecule has 2 heteroatoms. The molecule has 0 aromatic carbocycles. The quantitative estimate of drug-likeness (QED) is 0.838. The molecule has 18 heavy (non-hydrogen) atoms. The Kier molecular flexibility index (Phi) is 3.39. The highest BCUT2D eigenvalue weighted by Crippen LogP contribution is 2.38. The van der Waals surface area contributed by atoms with Gasteiger partial charge in [-0.15, -0.1) is 0 Å². The number of hydrogen-bond acceptors (Lipinski definition) is 2. The molecule has 2 nitrogen and oxygen atoms in total. The predicted molar refractivity (Wildman–Crippen MR) is 78.0 cm³/mol. The topological polar surface area (TPSA) is 24.9 Å². The summed E-state index contributed by atoms with van der Waals surface area (Å²) in [7, 11) is 0. The molecule has 0 saturated heterocycles. The highest BCUT2D eigenvalue weighted by Gasteiger charge is 2.30. The van der Waals surface area contributed by atoms with Crippen LogP contribution in [-0.4, -0.2) is 11.0 Å². The van der Waals surface area contributed by atoms with Crippen molar-refractivity contribution >= 4 is 5.82 Å². The van der Waals surface area contributed by atoms with Crippen LogP contribution in [0.1, 0.15) is 59.4 Å². The van der Waals surface area contributed by atoms with Crippen molar-refractivity contribution in [2.75, 3.05) is 5.32 Å². The SMILES string of the molecule is CC1(C)CCC(Nc2ccc(C(C)(C)C)cn2)C1. The number of nitrogens with zero attached hydrogens (tertiary/aromatic N) is 1. The average Bonchev–Trinajstić information content (AvgIpc) is 2.57. The molecule has 1 aliphatic rings.